The lowest BCUT2D eigenvalue weighted by Gasteiger charge is -2.07. The van der Waals surface area contributed by atoms with Crippen LogP contribution in [-0.4, -0.2) is 11.7 Å². The Morgan fingerprint density at radius 3 is 2.39 bits per heavy atom. The van der Waals surface area contributed by atoms with Crippen molar-refractivity contribution in [3.05, 3.63) is 74.9 Å². The number of aryl methyl sites for hydroxylation is 3. The summed E-state index contributed by atoms with van der Waals surface area (Å²) in [7, 11) is 0. The number of hydrogen-bond donors (Lipinski definition) is 1. The molecule has 0 spiro atoms. The van der Waals surface area contributed by atoms with E-state index in [1.807, 2.05) is 38.1 Å². The van der Waals surface area contributed by atoms with E-state index in [2.05, 4.69) is 29.4 Å². The van der Waals surface area contributed by atoms with E-state index in [1.165, 1.54) is 5.56 Å². The Labute approximate surface area is 140 Å². The highest BCUT2D eigenvalue weighted by atomic mass is 35.5. The molecule has 0 aromatic heterocycles. The molecule has 2 aromatic carbocycles. The van der Waals surface area contributed by atoms with Gasteiger partial charge in [0.15, 0.2) is 0 Å². The maximum Gasteiger partial charge on any atom is 0.275 e. The maximum absolute atomic E-state index is 12.2. The van der Waals surface area contributed by atoms with Crippen molar-refractivity contribution in [2.24, 2.45) is 4.99 Å². The lowest BCUT2D eigenvalue weighted by atomic mass is 9.99. The highest BCUT2D eigenvalue weighted by Gasteiger charge is 2.22. The van der Waals surface area contributed by atoms with Gasteiger partial charge < -0.3 is 5.32 Å². The molecule has 3 rings (SSSR count). The minimum Gasteiger partial charge on any atom is -0.305 e. The fourth-order valence-electron chi connectivity index (χ4n) is 2.80. The zero-order valence-electron chi connectivity index (χ0n) is 13.3. The summed E-state index contributed by atoms with van der Waals surface area (Å²) in [5.41, 5.74) is 5.62. The first-order valence-electron chi connectivity index (χ1n) is 7.40. The van der Waals surface area contributed by atoms with Crippen LogP contribution in [0.3, 0.4) is 0 Å². The molecule has 0 radical (unpaired) electrons. The number of hydrogen-bond acceptors (Lipinski definition) is 2. The largest absolute Gasteiger partial charge is 0.305 e. The highest BCUT2D eigenvalue weighted by Crippen LogP contribution is 2.23. The van der Waals surface area contributed by atoms with E-state index >= 15 is 0 Å². The standard InChI is InChI=1S/C19H17ClN2O/c1-11-8-12(2)15(13(3)9-11)10-17-19(23)22-18(21-17)14-6-4-5-7-16(14)20/h4-10H,1-3H3,(H,21,22,23)/b17-10-. The molecule has 0 unspecified atom stereocenters. The summed E-state index contributed by atoms with van der Waals surface area (Å²) in [5.74, 6) is 0.286. The number of amidine groups is 1. The molecule has 1 heterocycles. The van der Waals surface area contributed by atoms with E-state index in [-0.39, 0.29) is 5.91 Å². The minimum atomic E-state index is -0.209. The number of rotatable bonds is 2. The second kappa shape index (κ2) is 6.01. The Hall–Kier alpha value is -2.39. The molecular weight excluding hydrogens is 308 g/mol. The smallest absolute Gasteiger partial charge is 0.275 e. The van der Waals surface area contributed by atoms with Crippen LogP contribution in [0.1, 0.15) is 27.8 Å². The topological polar surface area (TPSA) is 41.5 Å². The Morgan fingerprint density at radius 2 is 1.74 bits per heavy atom. The quantitative estimate of drug-likeness (QED) is 0.827. The van der Waals surface area contributed by atoms with Gasteiger partial charge in [0.25, 0.3) is 5.91 Å². The molecule has 0 atom stereocenters. The molecule has 0 fully saturated rings. The Bertz CT molecular complexity index is 842. The summed E-state index contributed by atoms with van der Waals surface area (Å²) < 4.78 is 0. The van der Waals surface area contributed by atoms with Crippen molar-refractivity contribution < 1.29 is 4.79 Å². The van der Waals surface area contributed by atoms with Crippen LogP contribution < -0.4 is 5.32 Å². The third kappa shape index (κ3) is 3.06. The van der Waals surface area contributed by atoms with Crippen molar-refractivity contribution in [1.29, 1.82) is 0 Å². The predicted octanol–water partition coefficient (Wildman–Crippen LogP) is 4.18. The van der Waals surface area contributed by atoms with Crippen LogP contribution in [0.4, 0.5) is 0 Å². The van der Waals surface area contributed by atoms with Gasteiger partial charge in [-0.1, -0.05) is 41.4 Å². The number of benzene rings is 2. The maximum atomic E-state index is 12.2. The van der Waals surface area contributed by atoms with Crippen LogP contribution in [0, 0.1) is 20.8 Å². The monoisotopic (exact) mass is 324 g/mol. The fourth-order valence-corrected chi connectivity index (χ4v) is 3.03. The van der Waals surface area contributed by atoms with Crippen LogP contribution in [0.2, 0.25) is 5.02 Å². The van der Waals surface area contributed by atoms with Gasteiger partial charge in [-0.25, -0.2) is 4.99 Å². The number of halogens is 1. The van der Waals surface area contributed by atoms with Crippen molar-refractivity contribution in [3.63, 3.8) is 0 Å². The van der Waals surface area contributed by atoms with Crippen LogP contribution in [0.5, 0.6) is 0 Å². The zero-order chi connectivity index (χ0) is 16.6. The summed E-state index contributed by atoms with van der Waals surface area (Å²) in [5, 5.41) is 3.36. The average molecular weight is 325 g/mol. The Morgan fingerprint density at radius 1 is 1.09 bits per heavy atom. The Balaban J connectivity index is 2.04. The molecule has 116 valence electrons. The lowest BCUT2D eigenvalue weighted by molar-refractivity contribution is -0.115. The summed E-state index contributed by atoms with van der Waals surface area (Å²) in [6.07, 6.45) is 1.84. The minimum absolute atomic E-state index is 0.209. The van der Waals surface area contributed by atoms with E-state index in [9.17, 15) is 4.79 Å². The second-order valence-corrected chi connectivity index (χ2v) is 6.14. The number of nitrogens with one attached hydrogen (secondary N) is 1. The first-order valence-corrected chi connectivity index (χ1v) is 7.78. The molecular formula is C19H17ClN2O. The summed E-state index contributed by atoms with van der Waals surface area (Å²) in [6.45, 7) is 6.14. The molecule has 23 heavy (non-hydrogen) atoms. The third-order valence-corrected chi connectivity index (χ3v) is 4.17. The number of nitrogens with zero attached hydrogens (tertiary/aromatic N) is 1. The van der Waals surface area contributed by atoms with Crippen molar-refractivity contribution >= 4 is 29.4 Å². The Kier molecular flexibility index (Phi) is 4.05. The van der Waals surface area contributed by atoms with Crippen molar-refractivity contribution in [3.8, 4) is 0 Å². The lowest BCUT2D eigenvalue weighted by Crippen LogP contribution is -2.24. The molecule has 1 aliphatic rings. The first-order chi connectivity index (χ1) is 11.0. The van der Waals surface area contributed by atoms with Crippen LogP contribution in [0.15, 0.2) is 47.1 Å². The summed E-state index contributed by atoms with van der Waals surface area (Å²) >= 11 is 6.18. The normalized spacial score (nSPS) is 15.7. The zero-order valence-corrected chi connectivity index (χ0v) is 14.0. The second-order valence-electron chi connectivity index (χ2n) is 5.74. The van der Waals surface area contributed by atoms with E-state index in [0.29, 0.717) is 16.6 Å². The average Bonchev–Trinajstić information content (AvgIpc) is 2.84. The molecule has 4 heteroatoms. The van der Waals surface area contributed by atoms with E-state index in [4.69, 9.17) is 11.6 Å². The van der Waals surface area contributed by atoms with E-state index < -0.39 is 0 Å². The molecule has 1 aliphatic heterocycles. The van der Waals surface area contributed by atoms with Crippen molar-refractivity contribution in [1.82, 2.24) is 5.32 Å². The number of amides is 1. The summed E-state index contributed by atoms with van der Waals surface area (Å²) in [4.78, 5) is 16.7. The molecule has 0 aliphatic carbocycles. The van der Waals surface area contributed by atoms with Crippen LogP contribution >= 0.6 is 11.6 Å². The van der Waals surface area contributed by atoms with Gasteiger partial charge in [0.1, 0.15) is 11.5 Å². The molecule has 3 nitrogen and oxygen atoms in total. The molecule has 0 bridgehead atoms. The number of carbonyl (C=O) groups is 1. The fraction of sp³-hybridized carbons (Fsp3) is 0.158. The SMILES string of the molecule is Cc1cc(C)c(/C=C2\N=C(c3ccccc3Cl)NC2=O)c(C)c1. The summed E-state index contributed by atoms with van der Waals surface area (Å²) in [6, 6.07) is 11.5. The van der Waals surface area contributed by atoms with Crippen molar-refractivity contribution in [2.75, 3.05) is 0 Å². The van der Waals surface area contributed by atoms with Gasteiger partial charge in [-0.05, 0) is 55.7 Å². The van der Waals surface area contributed by atoms with Gasteiger partial charge in [0, 0.05) is 5.56 Å². The molecule has 1 amide bonds. The van der Waals surface area contributed by atoms with E-state index in [1.54, 1.807) is 6.07 Å². The number of aliphatic imine (C=N–C) groups is 1. The van der Waals surface area contributed by atoms with Gasteiger partial charge >= 0.3 is 0 Å². The van der Waals surface area contributed by atoms with Gasteiger partial charge in [-0.15, -0.1) is 0 Å². The van der Waals surface area contributed by atoms with Gasteiger partial charge in [0.05, 0.1) is 5.02 Å². The van der Waals surface area contributed by atoms with Crippen LogP contribution in [-0.2, 0) is 4.79 Å². The van der Waals surface area contributed by atoms with E-state index in [0.717, 1.165) is 22.3 Å². The van der Waals surface area contributed by atoms with Crippen molar-refractivity contribution in [2.45, 2.75) is 20.8 Å². The molecule has 1 N–H and O–H groups in total. The molecule has 2 aromatic rings. The van der Waals surface area contributed by atoms with Gasteiger partial charge in [-0.3, -0.25) is 4.79 Å². The van der Waals surface area contributed by atoms with Crippen LogP contribution in [0.25, 0.3) is 6.08 Å². The first kappa shape index (κ1) is 15.5. The predicted molar refractivity (Wildman–Crippen MR) is 94.8 cm³/mol. The third-order valence-electron chi connectivity index (χ3n) is 3.84. The van der Waals surface area contributed by atoms with Gasteiger partial charge in [0.2, 0.25) is 0 Å². The number of carbonyl (C=O) groups excluding carboxylic acids is 1. The highest BCUT2D eigenvalue weighted by molar-refractivity contribution is 6.35. The van der Waals surface area contributed by atoms with Gasteiger partial charge in [-0.2, -0.15) is 0 Å². The molecule has 0 saturated heterocycles. The molecule has 0 saturated carbocycles.